The zero-order valence-corrected chi connectivity index (χ0v) is 10.8. The number of aromatic nitrogens is 4. The Morgan fingerprint density at radius 2 is 2.19 bits per heavy atom. The predicted octanol–water partition coefficient (Wildman–Crippen LogP) is 1.10. The average Bonchev–Trinajstić information content (AvgIpc) is 2.81. The Morgan fingerprint density at radius 1 is 1.48 bits per heavy atom. The van der Waals surface area contributed by atoms with E-state index in [0.29, 0.717) is 17.8 Å². The maximum Gasteiger partial charge on any atom is 0.325 e. The molecule has 1 aromatic carbocycles. The molecule has 0 amide bonds. The number of benzene rings is 1. The molecule has 1 aromatic heterocycles. The van der Waals surface area contributed by atoms with Crippen LogP contribution in [0.5, 0.6) is 0 Å². The van der Waals surface area contributed by atoms with Crippen molar-refractivity contribution < 1.29 is 23.6 Å². The molecule has 1 heterocycles. The molecule has 21 heavy (non-hydrogen) atoms. The van der Waals surface area contributed by atoms with Gasteiger partial charge in [0.25, 0.3) is 5.69 Å². The Hall–Kier alpha value is -2.63. The van der Waals surface area contributed by atoms with Gasteiger partial charge < -0.3 is 5.11 Å². The van der Waals surface area contributed by atoms with Gasteiger partial charge >= 0.3 is 5.97 Å². The van der Waals surface area contributed by atoms with Crippen LogP contribution in [0.1, 0.15) is 0 Å². The highest BCUT2D eigenvalue weighted by Gasteiger charge is 2.25. The summed E-state index contributed by atoms with van der Waals surface area (Å²) in [6.45, 7) is -0.625. The van der Waals surface area contributed by atoms with E-state index in [1.54, 1.807) is 0 Å². The Kier molecular flexibility index (Phi) is 4.07. The van der Waals surface area contributed by atoms with E-state index in [1.807, 2.05) is 0 Å². The van der Waals surface area contributed by atoms with Crippen molar-refractivity contribution in [3.8, 4) is 0 Å². The van der Waals surface area contributed by atoms with Gasteiger partial charge in [-0.25, -0.2) is 13.5 Å². The lowest BCUT2D eigenvalue weighted by molar-refractivity contribution is -0.388. The van der Waals surface area contributed by atoms with Gasteiger partial charge in [0.05, 0.1) is 4.92 Å². The van der Waals surface area contributed by atoms with E-state index in [1.165, 1.54) is 0 Å². The first-order chi connectivity index (χ1) is 9.90. The van der Waals surface area contributed by atoms with E-state index in [4.69, 9.17) is 5.11 Å². The SMILES string of the molecule is O=C(O)Cn1nnnc1Sc1c([N+](=O)[O-])ccc(F)c1F. The molecule has 0 fully saturated rings. The first-order valence-electron chi connectivity index (χ1n) is 5.18. The number of halogens is 2. The molecule has 0 saturated carbocycles. The van der Waals surface area contributed by atoms with Crippen LogP contribution in [0.3, 0.4) is 0 Å². The minimum atomic E-state index is -1.43. The van der Waals surface area contributed by atoms with Gasteiger partial charge in [-0.3, -0.25) is 14.9 Å². The average molecular weight is 317 g/mol. The first-order valence-corrected chi connectivity index (χ1v) is 6.00. The molecule has 2 rings (SSSR count). The molecule has 110 valence electrons. The summed E-state index contributed by atoms with van der Waals surface area (Å²) in [7, 11) is 0. The Bertz CT molecular complexity index is 722. The number of tetrazole rings is 1. The normalized spacial score (nSPS) is 10.6. The number of carboxylic acids is 1. The second-order valence-electron chi connectivity index (χ2n) is 3.58. The number of nitrogens with zero attached hydrogens (tertiary/aromatic N) is 5. The van der Waals surface area contributed by atoms with E-state index < -0.39 is 39.7 Å². The van der Waals surface area contributed by atoms with Crippen molar-refractivity contribution in [1.29, 1.82) is 0 Å². The highest BCUT2D eigenvalue weighted by Crippen LogP contribution is 2.36. The summed E-state index contributed by atoms with van der Waals surface area (Å²) in [6, 6.07) is 1.42. The lowest BCUT2D eigenvalue weighted by Gasteiger charge is -2.04. The summed E-state index contributed by atoms with van der Waals surface area (Å²) in [5.41, 5.74) is -0.677. The van der Waals surface area contributed by atoms with Crippen molar-refractivity contribution in [3.63, 3.8) is 0 Å². The molecular weight excluding hydrogens is 312 g/mol. The predicted molar refractivity (Wildman–Crippen MR) is 62.6 cm³/mol. The minimum absolute atomic E-state index is 0.218. The van der Waals surface area contributed by atoms with Gasteiger partial charge in [-0.05, 0) is 28.3 Å². The topological polar surface area (TPSA) is 124 Å². The van der Waals surface area contributed by atoms with Crippen molar-refractivity contribution in [3.05, 3.63) is 33.9 Å². The lowest BCUT2D eigenvalue weighted by atomic mass is 10.3. The van der Waals surface area contributed by atoms with Gasteiger partial charge in [0.15, 0.2) is 11.6 Å². The van der Waals surface area contributed by atoms with E-state index >= 15 is 0 Å². The van der Waals surface area contributed by atoms with Gasteiger partial charge in [0, 0.05) is 6.07 Å². The van der Waals surface area contributed by atoms with Gasteiger partial charge in [-0.15, -0.1) is 5.10 Å². The molecular formula is C9H5F2N5O4S. The van der Waals surface area contributed by atoms with Crippen LogP contribution in [0, 0.1) is 21.7 Å². The van der Waals surface area contributed by atoms with E-state index in [2.05, 4.69) is 15.5 Å². The third-order valence-corrected chi connectivity index (χ3v) is 3.27. The molecule has 0 bridgehead atoms. The van der Waals surface area contributed by atoms with Crippen molar-refractivity contribution in [2.24, 2.45) is 0 Å². The summed E-state index contributed by atoms with van der Waals surface area (Å²) in [6.07, 6.45) is 0. The maximum atomic E-state index is 13.7. The molecule has 0 aliphatic heterocycles. The van der Waals surface area contributed by atoms with Crippen molar-refractivity contribution in [2.75, 3.05) is 0 Å². The third kappa shape index (κ3) is 3.10. The van der Waals surface area contributed by atoms with Gasteiger partial charge in [0.2, 0.25) is 5.16 Å². The Morgan fingerprint density at radius 3 is 2.81 bits per heavy atom. The molecule has 9 nitrogen and oxygen atoms in total. The maximum absolute atomic E-state index is 13.7. The summed E-state index contributed by atoms with van der Waals surface area (Å²) in [4.78, 5) is 19.9. The fourth-order valence-corrected chi connectivity index (χ4v) is 2.25. The number of carboxylic acid groups (broad SMARTS) is 1. The molecule has 0 radical (unpaired) electrons. The molecule has 0 aliphatic rings. The fourth-order valence-electron chi connectivity index (χ4n) is 1.35. The van der Waals surface area contributed by atoms with Crippen LogP contribution in [0.4, 0.5) is 14.5 Å². The molecule has 12 heteroatoms. The van der Waals surface area contributed by atoms with E-state index in [-0.39, 0.29) is 5.16 Å². The number of aliphatic carboxylic acids is 1. The quantitative estimate of drug-likeness (QED) is 0.642. The largest absolute Gasteiger partial charge is 0.480 e. The van der Waals surface area contributed by atoms with Crippen LogP contribution in [0.2, 0.25) is 0 Å². The minimum Gasteiger partial charge on any atom is -0.480 e. The van der Waals surface area contributed by atoms with Crippen LogP contribution in [-0.2, 0) is 11.3 Å². The van der Waals surface area contributed by atoms with Crippen molar-refractivity contribution in [2.45, 2.75) is 16.6 Å². The molecule has 1 N–H and O–H groups in total. The standard InChI is InChI=1S/C9H5F2N5O4S/c10-4-1-2-5(16(19)20)8(7(4)11)21-9-12-13-14-15(9)3-6(17)18/h1-2H,3H2,(H,17,18). The first kappa shape index (κ1) is 14.8. The van der Waals surface area contributed by atoms with Crippen molar-refractivity contribution in [1.82, 2.24) is 20.2 Å². The van der Waals surface area contributed by atoms with Crippen molar-refractivity contribution >= 4 is 23.4 Å². The van der Waals surface area contributed by atoms with Crippen LogP contribution >= 0.6 is 11.8 Å². The molecule has 2 aromatic rings. The third-order valence-electron chi connectivity index (χ3n) is 2.20. The zero-order valence-electron chi connectivity index (χ0n) is 9.93. The number of hydrogen-bond acceptors (Lipinski definition) is 7. The van der Waals surface area contributed by atoms with Gasteiger partial charge in [0.1, 0.15) is 11.4 Å². The number of nitro groups is 1. The molecule has 0 spiro atoms. The number of nitro benzene ring substituents is 1. The van der Waals surface area contributed by atoms with Crippen LogP contribution in [-0.4, -0.2) is 36.2 Å². The molecule has 0 saturated heterocycles. The van der Waals surface area contributed by atoms with E-state index in [9.17, 15) is 23.7 Å². The van der Waals surface area contributed by atoms with Gasteiger partial charge in [-0.1, -0.05) is 0 Å². The summed E-state index contributed by atoms with van der Waals surface area (Å²) >= 11 is 0.365. The zero-order chi connectivity index (χ0) is 15.6. The molecule has 0 unspecified atom stereocenters. The summed E-state index contributed by atoms with van der Waals surface area (Å²) in [5.74, 6) is -3.97. The van der Waals surface area contributed by atoms with E-state index in [0.717, 1.165) is 10.7 Å². The second kappa shape index (κ2) is 5.78. The van der Waals surface area contributed by atoms with Crippen LogP contribution < -0.4 is 0 Å². The smallest absolute Gasteiger partial charge is 0.325 e. The van der Waals surface area contributed by atoms with Crippen LogP contribution in [0.15, 0.2) is 22.2 Å². The highest BCUT2D eigenvalue weighted by atomic mass is 32.2. The second-order valence-corrected chi connectivity index (χ2v) is 4.56. The Labute approximate surface area is 118 Å². The van der Waals surface area contributed by atoms with Gasteiger partial charge in [-0.2, -0.15) is 0 Å². The monoisotopic (exact) mass is 317 g/mol. The highest BCUT2D eigenvalue weighted by molar-refractivity contribution is 7.99. The number of hydrogen-bond donors (Lipinski definition) is 1. The number of rotatable bonds is 5. The summed E-state index contributed by atoms with van der Waals surface area (Å²) in [5, 5.41) is 29.2. The molecule has 0 aliphatic carbocycles. The van der Waals surface area contributed by atoms with Crippen LogP contribution in [0.25, 0.3) is 0 Å². The lowest BCUT2D eigenvalue weighted by Crippen LogP contribution is -2.11. The fraction of sp³-hybridized carbons (Fsp3) is 0.111. The number of carbonyl (C=O) groups is 1. The molecule has 0 atom stereocenters. The Balaban J connectivity index is 2.44. The summed E-state index contributed by atoms with van der Waals surface area (Å²) < 4.78 is 27.7.